The van der Waals surface area contributed by atoms with Gasteiger partial charge in [-0.1, -0.05) is 18.5 Å². The molecule has 0 radical (unpaired) electrons. The van der Waals surface area contributed by atoms with Crippen molar-refractivity contribution in [1.29, 1.82) is 0 Å². The molecule has 0 unspecified atom stereocenters. The van der Waals surface area contributed by atoms with Crippen molar-refractivity contribution in [2.45, 2.75) is 20.3 Å². The Morgan fingerprint density at radius 2 is 1.88 bits per heavy atom. The van der Waals surface area contributed by atoms with E-state index in [4.69, 9.17) is 21.1 Å². The molecule has 9 heteroatoms. The van der Waals surface area contributed by atoms with Crippen molar-refractivity contribution in [3.05, 3.63) is 45.1 Å². The summed E-state index contributed by atoms with van der Waals surface area (Å²) in [4.78, 5) is 27.0. The van der Waals surface area contributed by atoms with Crippen LogP contribution in [0.2, 0.25) is 5.02 Å². The minimum atomic E-state index is -0.533. The van der Waals surface area contributed by atoms with Gasteiger partial charge in [0.2, 0.25) is 0 Å². The van der Waals surface area contributed by atoms with E-state index in [1.54, 1.807) is 12.3 Å². The maximum absolute atomic E-state index is 12.3. The van der Waals surface area contributed by atoms with E-state index in [2.05, 4.69) is 31.8 Å². The highest BCUT2D eigenvalue weighted by Gasteiger charge is 2.17. The van der Waals surface area contributed by atoms with Crippen LogP contribution in [0.4, 0.5) is 0 Å². The van der Waals surface area contributed by atoms with Crippen LogP contribution in [0.3, 0.4) is 0 Å². The quantitative estimate of drug-likeness (QED) is 0.568. The van der Waals surface area contributed by atoms with E-state index in [-0.39, 0.29) is 10.6 Å². The number of benzene rings is 1. The number of hydrazine groups is 1. The molecule has 0 saturated carbocycles. The van der Waals surface area contributed by atoms with E-state index in [1.165, 1.54) is 12.1 Å². The third kappa shape index (κ3) is 5.15. The van der Waals surface area contributed by atoms with Crippen molar-refractivity contribution < 1.29 is 19.1 Å². The molecule has 0 fully saturated rings. The van der Waals surface area contributed by atoms with Crippen molar-refractivity contribution in [3.8, 4) is 11.5 Å². The van der Waals surface area contributed by atoms with E-state index in [9.17, 15) is 9.59 Å². The number of carbonyl (C=O) groups excluding carboxylic acids is 2. The molecule has 0 spiro atoms. The van der Waals surface area contributed by atoms with Crippen LogP contribution in [0.5, 0.6) is 11.5 Å². The highest BCUT2D eigenvalue weighted by molar-refractivity contribution is 9.10. The number of nitrogens with one attached hydrogen (secondary N) is 3. The molecule has 1 heterocycles. The first-order valence-electron chi connectivity index (χ1n) is 8.00. The van der Waals surface area contributed by atoms with Gasteiger partial charge in [-0.05, 0) is 47.5 Å². The molecule has 0 aliphatic heterocycles. The van der Waals surface area contributed by atoms with E-state index in [1.807, 2.05) is 13.8 Å². The van der Waals surface area contributed by atoms with E-state index in [0.717, 1.165) is 10.9 Å². The van der Waals surface area contributed by atoms with E-state index < -0.39 is 11.8 Å². The van der Waals surface area contributed by atoms with Gasteiger partial charge in [0.25, 0.3) is 11.8 Å². The molecule has 0 saturated heterocycles. The average Bonchev–Trinajstić information content (AvgIpc) is 3.05. The molecule has 2 amide bonds. The minimum absolute atomic E-state index is 0.232. The topological polar surface area (TPSA) is 92.5 Å². The fourth-order valence-electron chi connectivity index (χ4n) is 2.06. The Morgan fingerprint density at radius 3 is 2.50 bits per heavy atom. The van der Waals surface area contributed by atoms with Crippen LogP contribution in [-0.4, -0.2) is 30.0 Å². The zero-order valence-corrected chi connectivity index (χ0v) is 16.7. The van der Waals surface area contributed by atoms with E-state index >= 15 is 0 Å². The van der Waals surface area contributed by atoms with Gasteiger partial charge in [0.05, 0.1) is 18.2 Å². The second-order valence-electron chi connectivity index (χ2n) is 5.21. The van der Waals surface area contributed by atoms with Crippen molar-refractivity contribution in [2.24, 2.45) is 0 Å². The second kappa shape index (κ2) is 9.49. The molecule has 1 aromatic heterocycles. The standard InChI is InChI=1S/C17H19BrClN3O4/c1-3-5-26-15-12(19)6-10(7-14(15)25-4-2)16(23)21-22-17(24)13-8-11(18)9-20-13/h6-9,20H,3-5H2,1-2H3,(H,21,23)(H,22,24). The third-order valence-corrected chi connectivity index (χ3v) is 3.94. The summed E-state index contributed by atoms with van der Waals surface area (Å²) >= 11 is 9.46. The molecule has 7 nitrogen and oxygen atoms in total. The normalized spacial score (nSPS) is 10.3. The summed E-state index contributed by atoms with van der Waals surface area (Å²) in [7, 11) is 0. The fourth-order valence-corrected chi connectivity index (χ4v) is 2.67. The van der Waals surface area contributed by atoms with Crippen LogP contribution in [0.15, 0.2) is 28.9 Å². The van der Waals surface area contributed by atoms with Gasteiger partial charge in [0.1, 0.15) is 5.69 Å². The number of H-pyrrole nitrogens is 1. The second-order valence-corrected chi connectivity index (χ2v) is 6.53. The van der Waals surface area contributed by atoms with Gasteiger partial charge >= 0.3 is 0 Å². The maximum Gasteiger partial charge on any atom is 0.286 e. The molecule has 2 rings (SSSR count). The number of carbonyl (C=O) groups is 2. The monoisotopic (exact) mass is 443 g/mol. The highest BCUT2D eigenvalue weighted by Crippen LogP contribution is 2.36. The lowest BCUT2D eigenvalue weighted by Crippen LogP contribution is -2.41. The number of amides is 2. The summed E-state index contributed by atoms with van der Waals surface area (Å²) in [5.74, 6) is -0.248. The van der Waals surface area contributed by atoms with Crippen LogP contribution in [-0.2, 0) is 0 Å². The summed E-state index contributed by atoms with van der Waals surface area (Å²) in [6.07, 6.45) is 2.42. The summed E-state index contributed by atoms with van der Waals surface area (Å²) < 4.78 is 11.8. The van der Waals surface area contributed by atoms with Gasteiger partial charge < -0.3 is 14.5 Å². The fraction of sp³-hybridized carbons (Fsp3) is 0.294. The van der Waals surface area contributed by atoms with Crippen LogP contribution >= 0.6 is 27.5 Å². The van der Waals surface area contributed by atoms with Crippen LogP contribution in [0, 0.1) is 0 Å². The first kappa shape index (κ1) is 20.1. The molecule has 2 aromatic rings. The minimum Gasteiger partial charge on any atom is -0.490 e. The summed E-state index contributed by atoms with van der Waals surface area (Å²) in [5, 5.41) is 0.258. The Morgan fingerprint density at radius 1 is 1.15 bits per heavy atom. The number of ether oxygens (including phenoxy) is 2. The first-order valence-corrected chi connectivity index (χ1v) is 9.17. The zero-order valence-electron chi connectivity index (χ0n) is 14.3. The van der Waals surface area contributed by atoms with Crippen LogP contribution in [0.1, 0.15) is 41.1 Å². The van der Waals surface area contributed by atoms with Crippen LogP contribution < -0.4 is 20.3 Å². The largest absolute Gasteiger partial charge is 0.490 e. The Labute approximate surface area is 164 Å². The zero-order chi connectivity index (χ0) is 19.1. The van der Waals surface area contributed by atoms with Gasteiger partial charge in [-0.25, -0.2) is 0 Å². The number of hydrogen-bond acceptors (Lipinski definition) is 4. The molecular formula is C17H19BrClN3O4. The third-order valence-electron chi connectivity index (χ3n) is 3.20. The smallest absolute Gasteiger partial charge is 0.286 e. The van der Waals surface area contributed by atoms with Gasteiger partial charge in [0, 0.05) is 16.2 Å². The molecule has 140 valence electrons. The molecule has 0 bridgehead atoms. The lowest BCUT2D eigenvalue weighted by atomic mass is 10.2. The predicted octanol–water partition coefficient (Wildman–Crippen LogP) is 3.69. The number of halogens is 2. The maximum atomic E-state index is 12.3. The number of hydrogen-bond donors (Lipinski definition) is 3. The van der Waals surface area contributed by atoms with Crippen molar-refractivity contribution in [3.63, 3.8) is 0 Å². The van der Waals surface area contributed by atoms with Crippen LogP contribution in [0.25, 0.3) is 0 Å². The number of rotatable bonds is 7. The Kier molecular flexibility index (Phi) is 7.35. The lowest BCUT2D eigenvalue weighted by molar-refractivity contribution is 0.0844. The number of aromatic amines is 1. The first-order chi connectivity index (χ1) is 12.5. The summed E-state index contributed by atoms with van der Waals surface area (Å²) in [6, 6.07) is 4.57. The molecule has 3 N–H and O–H groups in total. The van der Waals surface area contributed by atoms with Crippen molar-refractivity contribution in [2.75, 3.05) is 13.2 Å². The van der Waals surface area contributed by atoms with Gasteiger partial charge in [-0.3, -0.25) is 20.4 Å². The van der Waals surface area contributed by atoms with Crippen molar-refractivity contribution >= 4 is 39.3 Å². The Hall–Kier alpha value is -2.19. The van der Waals surface area contributed by atoms with Crippen molar-refractivity contribution in [1.82, 2.24) is 15.8 Å². The highest BCUT2D eigenvalue weighted by atomic mass is 79.9. The molecule has 0 aliphatic carbocycles. The SMILES string of the molecule is CCCOc1c(Cl)cc(C(=O)NNC(=O)c2cc(Br)c[nH]2)cc1OCC. The predicted molar refractivity (Wildman–Crippen MR) is 102 cm³/mol. The van der Waals surface area contributed by atoms with E-state index in [0.29, 0.717) is 30.4 Å². The summed E-state index contributed by atoms with van der Waals surface area (Å²) in [5.41, 5.74) is 5.19. The molecule has 0 atom stereocenters. The average molecular weight is 445 g/mol. The van der Waals surface area contributed by atoms with Gasteiger partial charge in [-0.15, -0.1) is 0 Å². The molecular weight excluding hydrogens is 426 g/mol. The Bertz CT molecular complexity index is 794. The van der Waals surface area contributed by atoms with Gasteiger partial charge in [0.15, 0.2) is 11.5 Å². The Balaban J connectivity index is 2.11. The summed E-state index contributed by atoms with van der Waals surface area (Å²) in [6.45, 7) is 4.66. The molecule has 0 aliphatic rings. The number of aromatic nitrogens is 1. The lowest BCUT2D eigenvalue weighted by Gasteiger charge is -2.15. The molecule has 26 heavy (non-hydrogen) atoms. The molecule has 1 aromatic carbocycles. The van der Waals surface area contributed by atoms with Gasteiger partial charge in [-0.2, -0.15) is 0 Å².